The van der Waals surface area contributed by atoms with Crippen molar-refractivity contribution in [2.45, 2.75) is 39.0 Å². The summed E-state index contributed by atoms with van der Waals surface area (Å²) < 4.78 is 13.1. The van der Waals surface area contributed by atoms with Crippen LogP contribution in [0.5, 0.6) is 0 Å². The van der Waals surface area contributed by atoms with Crippen LogP contribution in [0.2, 0.25) is 0 Å². The lowest BCUT2D eigenvalue weighted by Crippen LogP contribution is -2.43. The Hall–Kier alpha value is -1.46. The molecule has 2 aliphatic heterocycles. The van der Waals surface area contributed by atoms with Crippen molar-refractivity contribution in [2.24, 2.45) is 17.8 Å². The van der Waals surface area contributed by atoms with Gasteiger partial charge in [0.05, 0.1) is 0 Å². The molecule has 1 amide bonds. The molecule has 2 fully saturated rings. The zero-order chi connectivity index (χ0) is 18.5. The maximum Gasteiger partial charge on any atom is 0.222 e. The number of nitrogens with zero attached hydrogens (tertiary/aromatic N) is 1. The predicted octanol–water partition coefficient (Wildman–Crippen LogP) is 3.69. The van der Waals surface area contributed by atoms with Crippen LogP contribution >= 0.6 is 12.4 Å². The van der Waals surface area contributed by atoms with Gasteiger partial charge in [0, 0.05) is 31.0 Å². The molecule has 1 aromatic carbocycles. The Morgan fingerprint density at radius 1 is 1.22 bits per heavy atom. The Bertz CT molecular complexity index is 632. The molecule has 0 saturated carbocycles. The Kier molecular flexibility index (Phi) is 8.24. The van der Waals surface area contributed by atoms with Crippen LogP contribution in [-0.2, 0) is 4.79 Å². The summed E-state index contributed by atoms with van der Waals surface area (Å²) in [6.45, 7) is 5.48. The molecule has 2 heterocycles. The van der Waals surface area contributed by atoms with E-state index in [2.05, 4.69) is 12.2 Å². The van der Waals surface area contributed by atoms with Gasteiger partial charge >= 0.3 is 0 Å². The smallest absolute Gasteiger partial charge is 0.222 e. The third kappa shape index (κ3) is 5.76. The first-order valence-corrected chi connectivity index (χ1v) is 9.83. The van der Waals surface area contributed by atoms with Crippen molar-refractivity contribution in [3.05, 3.63) is 35.6 Å². The lowest BCUT2D eigenvalue weighted by atomic mass is 9.84. The fourth-order valence-corrected chi connectivity index (χ4v) is 4.20. The fourth-order valence-electron chi connectivity index (χ4n) is 4.20. The van der Waals surface area contributed by atoms with E-state index in [-0.39, 0.29) is 35.8 Å². The zero-order valence-electron chi connectivity index (χ0n) is 16.0. The van der Waals surface area contributed by atoms with Crippen molar-refractivity contribution in [2.75, 3.05) is 26.2 Å². The second-order valence-corrected chi connectivity index (χ2v) is 7.84. The van der Waals surface area contributed by atoms with Gasteiger partial charge in [0.25, 0.3) is 0 Å². The van der Waals surface area contributed by atoms with E-state index in [0.717, 1.165) is 32.5 Å². The summed E-state index contributed by atoms with van der Waals surface area (Å²) in [5.41, 5.74) is 0.535. The predicted molar refractivity (Wildman–Crippen MR) is 107 cm³/mol. The highest BCUT2D eigenvalue weighted by atomic mass is 35.5. The van der Waals surface area contributed by atoms with Gasteiger partial charge in [-0.1, -0.05) is 6.92 Å². The molecule has 150 valence electrons. The number of benzene rings is 1. The number of rotatable bonds is 5. The van der Waals surface area contributed by atoms with Crippen LogP contribution in [0.25, 0.3) is 0 Å². The number of carbonyl (C=O) groups excluding carboxylic acids is 2. The van der Waals surface area contributed by atoms with Gasteiger partial charge in [-0.25, -0.2) is 4.39 Å². The highest BCUT2D eigenvalue weighted by molar-refractivity contribution is 5.98. The number of ketones is 1. The van der Waals surface area contributed by atoms with Gasteiger partial charge < -0.3 is 10.2 Å². The molecule has 0 aliphatic carbocycles. The molecule has 3 rings (SSSR count). The van der Waals surface area contributed by atoms with Gasteiger partial charge in [0.15, 0.2) is 5.78 Å². The second-order valence-electron chi connectivity index (χ2n) is 7.84. The van der Waals surface area contributed by atoms with Gasteiger partial charge in [0.1, 0.15) is 5.82 Å². The number of hydrogen-bond acceptors (Lipinski definition) is 3. The average molecular weight is 397 g/mol. The fraction of sp³-hybridized carbons (Fsp3) is 0.619. The molecule has 2 saturated heterocycles. The van der Waals surface area contributed by atoms with Gasteiger partial charge in [-0.05, 0) is 74.9 Å². The topological polar surface area (TPSA) is 49.4 Å². The van der Waals surface area contributed by atoms with Gasteiger partial charge in [-0.15, -0.1) is 12.4 Å². The number of piperidine rings is 2. The third-order valence-corrected chi connectivity index (χ3v) is 5.91. The second kappa shape index (κ2) is 10.2. The van der Waals surface area contributed by atoms with Gasteiger partial charge in [-0.2, -0.15) is 0 Å². The molecular weight excluding hydrogens is 367 g/mol. The molecule has 0 bridgehead atoms. The number of nitrogens with one attached hydrogen (secondary N) is 1. The number of amides is 1. The minimum atomic E-state index is -0.340. The third-order valence-electron chi connectivity index (χ3n) is 5.91. The molecule has 27 heavy (non-hydrogen) atoms. The van der Waals surface area contributed by atoms with E-state index in [1.807, 2.05) is 4.90 Å². The number of likely N-dealkylation sites (tertiary alicyclic amines) is 1. The Labute approximate surface area is 167 Å². The lowest BCUT2D eigenvalue weighted by Gasteiger charge is -2.34. The summed E-state index contributed by atoms with van der Waals surface area (Å²) in [6.07, 6.45) is 4.57. The van der Waals surface area contributed by atoms with Crippen molar-refractivity contribution in [1.29, 1.82) is 0 Å². The number of Topliss-reactive ketones (excluding diaryl/α,β-unsaturated/α-hetero) is 1. The van der Waals surface area contributed by atoms with Gasteiger partial charge in [0.2, 0.25) is 5.91 Å². The van der Waals surface area contributed by atoms with Gasteiger partial charge in [-0.3, -0.25) is 9.59 Å². The Morgan fingerprint density at radius 2 is 1.96 bits per heavy atom. The van der Waals surface area contributed by atoms with E-state index in [4.69, 9.17) is 0 Å². The molecular formula is C21H30ClFN2O2. The first-order valence-electron chi connectivity index (χ1n) is 9.83. The first kappa shape index (κ1) is 21.8. The maximum absolute atomic E-state index is 13.1. The lowest BCUT2D eigenvalue weighted by molar-refractivity contribution is -0.134. The minimum Gasteiger partial charge on any atom is -0.342 e. The summed E-state index contributed by atoms with van der Waals surface area (Å²) in [4.78, 5) is 27.3. The minimum absolute atomic E-state index is 0. The zero-order valence-corrected chi connectivity index (χ0v) is 16.8. The molecule has 6 heteroatoms. The van der Waals surface area contributed by atoms with E-state index < -0.39 is 0 Å². The van der Waals surface area contributed by atoms with E-state index in [1.54, 1.807) is 0 Å². The number of carbonyl (C=O) groups is 2. The van der Waals surface area contributed by atoms with E-state index >= 15 is 0 Å². The van der Waals surface area contributed by atoms with E-state index in [0.29, 0.717) is 30.4 Å². The Balaban J connectivity index is 0.00000261. The van der Waals surface area contributed by atoms with Crippen LogP contribution in [-0.4, -0.2) is 42.8 Å². The van der Waals surface area contributed by atoms with E-state index in [1.165, 1.54) is 37.1 Å². The summed E-state index contributed by atoms with van der Waals surface area (Å²) in [6, 6.07) is 5.71. The standard InChI is InChI=1S/C21H29FN2O2.ClH/c1-15(17-4-2-10-23-13-17)12-20(25)24-11-3-5-18(14-24)21(26)16-6-8-19(22)9-7-16;/h6-9,15,17-18,23H,2-5,10-14H2,1H3;1H. The van der Waals surface area contributed by atoms with Crippen molar-refractivity contribution in [3.8, 4) is 0 Å². The van der Waals surface area contributed by atoms with Crippen LogP contribution in [0.1, 0.15) is 49.4 Å². The SMILES string of the molecule is CC(CC(=O)N1CCCC(C(=O)c2ccc(F)cc2)C1)C1CCCNC1.Cl. The van der Waals surface area contributed by atoms with Crippen molar-refractivity contribution >= 4 is 24.1 Å². The largest absolute Gasteiger partial charge is 0.342 e. The molecule has 3 unspecified atom stereocenters. The molecule has 0 spiro atoms. The van der Waals surface area contributed by atoms with Crippen LogP contribution in [0.3, 0.4) is 0 Å². The summed E-state index contributed by atoms with van der Waals surface area (Å²) in [5, 5.41) is 3.42. The quantitative estimate of drug-likeness (QED) is 0.772. The normalized spacial score (nSPS) is 24.0. The average Bonchev–Trinajstić information content (AvgIpc) is 2.68. The number of halogens is 2. The Morgan fingerprint density at radius 3 is 2.63 bits per heavy atom. The van der Waals surface area contributed by atoms with Crippen molar-refractivity contribution in [1.82, 2.24) is 10.2 Å². The molecule has 1 N–H and O–H groups in total. The van der Waals surface area contributed by atoms with Crippen molar-refractivity contribution < 1.29 is 14.0 Å². The first-order chi connectivity index (χ1) is 12.5. The van der Waals surface area contributed by atoms with Crippen LogP contribution in [0.15, 0.2) is 24.3 Å². The highest BCUT2D eigenvalue weighted by Crippen LogP contribution is 2.26. The summed E-state index contributed by atoms with van der Waals surface area (Å²) >= 11 is 0. The summed E-state index contributed by atoms with van der Waals surface area (Å²) in [7, 11) is 0. The highest BCUT2D eigenvalue weighted by Gasteiger charge is 2.30. The molecule has 1 aromatic rings. The molecule has 3 atom stereocenters. The molecule has 2 aliphatic rings. The van der Waals surface area contributed by atoms with Crippen LogP contribution in [0.4, 0.5) is 4.39 Å². The molecule has 0 radical (unpaired) electrons. The summed E-state index contributed by atoms with van der Waals surface area (Å²) in [5.74, 6) is 0.599. The number of hydrogen-bond donors (Lipinski definition) is 1. The van der Waals surface area contributed by atoms with Crippen LogP contribution in [0, 0.1) is 23.6 Å². The molecule has 0 aromatic heterocycles. The monoisotopic (exact) mass is 396 g/mol. The van der Waals surface area contributed by atoms with E-state index in [9.17, 15) is 14.0 Å². The van der Waals surface area contributed by atoms with Crippen LogP contribution < -0.4 is 5.32 Å². The van der Waals surface area contributed by atoms with Crippen molar-refractivity contribution in [3.63, 3.8) is 0 Å². The molecule has 4 nitrogen and oxygen atoms in total. The maximum atomic E-state index is 13.1.